The zero-order valence-corrected chi connectivity index (χ0v) is 9.71. The predicted octanol–water partition coefficient (Wildman–Crippen LogP) is 1.49. The Morgan fingerprint density at radius 3 is 3.20 bits per heavy atom. The second-order valence-electron chi connectivity index (χ2n) is 3.50. The van der Waals surface area contributed by atoms with Gasteiger partial charge in [-0.05, 0) is 35.0 Å². The van der Waals surface area contributed by atoms with Crippen molar-refractivity contribution in [3.8, 4) is 6.07 Å². The van der Waals surface area contributed by atoms with Crippen LogP contribution in [0.2, 0.25) is 0 Å². The standard InChI is InChI=1S/C10H11BrN4/c11-8-3-7(4-12)10(14-5-8)15-9-1-2-13-6-9/h3,5,9,13H,1-2,6H2,(H,14,15)/t9-/m0/s1. The third kappa shape index (κ3) is 2.46. The number of rotatable bonds is 2. The van der Waals surface area contributed by atoms with Crippen LogP contribution in [0.4, 0.5) is 5.82 Å². The molecule has 0 aromatic carbocycles. The zero-order valence-electron chi connectivity index (χ0n) is 8.13. The van der Waals surface area contributed by atoms with Gasteiger partial charge in [0, 0.05) is 23.3 Å². The molecule has 2 N–H and O–H groups in total. The lowest BCUT2D eigenvalue weighted by Gasteiger charge is -2.12. The fraction of sp³-hybridized carbons (Fsp3) is 0.400. The van der Waals surface area contributed by atoms with E-state index in [4.69, 9.17) is 5.26 Å². The Morgan fingerprint density at radius 1 is 1.67 bits per heavy atom. The summed E-state index contributed by atoms with van der Waals surface area (Å²) in [4.78, 5) is 4.20. The minimum atomic E-state index is 0.380. The third-order valence-electron chi connectivity index (χ3n) is 2.38. The summed E-state index contributed by atoms with van der Waals surface area (Å²) in [6.07, 6.45) is 2.77. The topological polar surface area (TPSA) is 60.7 Å². The highest BCUT2D eigenvalue weighted by molar-refractivity contribution is 9.10. The molecule has 0 bridgehead atoms. The van der Waals surface area contributed by atoms with E-state index in [0.717, 1.165) is 24.0 Å². The molecule has 78 valence electrons. The lowest BCUT2D eigenvalue weighted by molar-refractivity contribution is 0.787. The van der Waals surface area contributed by atoms with Crippen molar-refractivity contribution in [2.24, 2.45) is 0 Å². The molecule has 15 heavy (non-hydrogen) atoms. The van der Waals surface area contributed by atoms with Gasteiger partial charge in [-0.1, -0.05) is 0 Å². The number of hydrogen-bond acceptors (Lipinski definition) is 4. The summed E-state index contributed by atoms with van der Waals surface area (Å²) in [5, 5.41) is 15.5. The van der Waals surface area contributed by atoms with Crippen LogP contribution in [0, 0.1) is 11.3 Å². The van der Waals surface area contributed by atoms with E-state index in [1.165, 1.54) is 0 Å². The quantitative estimate of drug-likeness (QED) is 0.852. The summed E-state index contributed by atoms with van der Waals surface area (Å²) in [6.45, 7) is 1.96. The van der Waals surface area contributed by atoms with Crippen LogP contribution >= 0.6 is 15.9 Å². The van der Waals surface area contributed by atoms with Gasteiger partial charge in [-0.15, -0.1) is 0 Å². The average Bonchev–Trinajstić information content (AvgIpc) is 2.73. The Bertz CT molecular complexity index is 393. The summed E-state index contributed by atoms with van der Waals surface area (Å²) in [6, 6.07) is 4.29. The van der Waals surface area contributed by atoms with Crippen LogP contribution in [-0.2, 0) is 0 Å². The Balaban J connectivity index is 2.16. The smallest absolute Gasteiger partial charge is 0.144 e. The van der Waals surface area contributed by atoms with Crippen LogP contribution in [0.5, 0.6) is 0 Å². The van der Waals surface area contributed by atoms with E-state index >= 15 is 0 Å². The van der Waals surface area contributed by atoms with Crippen molar-refractivity contribution in [3.63, 3.8) is 0 Å². The predicted molar refractivity (Wildman–Crippen MR) is 61.5 cm³/mol. The van der Waals surface area contributed by atoms with Gasteiger partial charge in [-0.25, -0.2) is 4.98 Å². The van der Waals surface area contributed by atoms with Gasteiger partial charge in [-0.3, -0.25) is 0 Å². The molecule has 0 amide bonds. The molecular formula is C10H11BrN4. The molecule has 5 heteroatoms. The number of hydrogen-bond donors (Lipinski definition) is 2. The maximum absolute atomic E-state index is 8.95. The van der Waals surface area contributed by atoms with Crippen molar-refractivity contribution in [1.29, 1.82) is 5.26 Å². The molecule has 0 radical (unpaired) electrons. The van der Waals surface area contributed by atoms with Crippen molar-refractivity contribution >= 4 is 21.7 Å². The van der Waals surface area contributed by atoms with Crippen molar-refractivity contribution in [2.45, 2.75) is 12.5 Å². The summed E-state index contributed by atoms with van der Waals surface area (Å²) >= 11 is 3.30. The van der Waals surface area contributed by atoms with Crippen molar-refractivity contribution in [2.75, 3.05) is 18.4 Å². The van der Waals surface area contributed by atoms with Crippen molar-refractivity contribution in [1.82, 2.24) is 10.3 Å². The number of anilines is 1. The molecule has 2 rings (SSSR count). The van der Waals surface area contributed by atoms with Gasteiger partial charge < -0.3 is 10.6 Å². The molecule has 0 spiro atoms. The minimum absolute atomic E-state index is 0.380. The first kappa shape index (κ1) is 10.4. The van der Waals surface area contributed by atoms with Crippen LogP contribution in [-0.4, -0.2) is 24.1 Å². The lowest BCUT2D eigenvalue weighted by Crippen LogP contribution is -2.23. The first-order chi connectivity index (χ1) is 7.29. The molecule has 2 heterocycles. The highest BCUT2D eigenvalue weighted by atomic mass is 79.9. The number of aromatic nitrogens is 1. The summed E-state index contributed by atoms with van der Waals surface area (Å²) in [5.41, 5.74) is 0.580. The molecule has 0 unspecified atom stereocenters. The largest absolute Gasteiger partial charge is 0.365 e. The van der Waals surface area contributed by atoms with Gasteiger partial charge in [0.1, 0.15) is 11.9 Å². The van der Waals surface area contributed by atoms with Crippen LogP contribution in [0.1, 0.15) is 12.0 Å². The molecule has 0 aliphatic carbocycles. The van der Waals surface area contributed by atoms with E-state index < -0.39 is 0 Å². The van der Waals surface area contributed by atoms with E-state index in [2.05, 4.69) is 37.6 Å². The van der Waals surface area contributed by atoms with Crippen molar-refractivity contribution < 1.29 is 0 Å². The summed E-state index contributed by atoms with van der Waals surface area (Å²) in [7, 11) is 0. The number of pyridine rings is 1. The molecule has 1 aromatic rings. The molecule has 1 aromatic heterocycles. The van der Waals surface area contributed by atoms with E-state index in [9.17, 15) is 0 Å². The fourth-order valence-corrected chi connectivity index (χ4v) is 1.94. The van der Waals surface area contributed by atoms with Crippen LogP contribution in [0.15, 0.2) is 16.7 Å². The Morgan fingerprint density at radius 2 is 2.53 bits per heavy atom. The van der Waals surface area contributed by atoms with Gasteiger partial charge in [0.15, 0.2) is 0 Å². The van der Waals surface area contributed by atoms with Crippen LogP contribution in [0.25, 0.3) is 0 Å². The second-order valence-corrected chi connectivity index (χ2v) is 4.41. The first-order valence-electron chi connectivity index (χ1n) is 4.82. The maximum atomic E-state index is 8.95. The fourth-order valence-electron chi connectivity index (χ4n) is 1.61. The molecule has 4 nitrogen and oxygen atoms in total. The van der Waals surface area contributed by atoms with Crippen LogP contribution in [0.3, 0.4) is 0 Å². The number of nitriles is 1. The van der Waals surface area contributed by atoms with Gasteiger partial charge in [0.25, 0.3) is 0 Å². The molecule has 1 aliphatic rings. The van der Waals surface area contributed by atoms with Crippen LogP contribution < -0.4 is 10.6 Å². The highest BCUT2D eigenvalue weighted by Gasteiger charge is 2.16. The number of nitrogens with zero attached hydrogens (tertiary/aromatic N) is 2. The van der Waals surface area contributed by atoms with Gasteiger partial charge in [0.05, 0.1) is 5.56 Å². The lowest BCUT2D eigenvalue weighted by atomic mass is 10.2. The molecule has 1 atom stereocenters. The summed E-state index contributed by atoms with van der Waals surface area (Å²) in [5.74, 6) is 0.675. The van der Waals surface area contributed by atoms with E-state index in [1.54, 1.807) is 12.3 Å². The average molecular weight is 267 g/mol. The van der Waals surface area contributed by atoms with Crippen molar-refractivity contribution in [3.05, 3.63) is 22.3 Å². The zero-order chi connectivity index (χ0) is 10.7. The molecule has 0 saturated carbocycles. The normalized spacial score (nSPS) is 19.9. The number of nitrogens with one attached hydrogen (secondary N) is 2. The maximum Gasteiger partial charge on any atom is 0.144 e. The Labute approximate surface area is 96.8 Å². The number of halogens is 1. The second kappa shape index (κ2) is 4.60. The SMILES string of the molecule is N#Cc1cc(Br)cnc1N[C@H]1CCNC1. The minimum Gasteiger partial charge on any atom is -0.365 e. The highest BCUT2D eigenvalue weighted by Crippen LogP contribution is 2.18. The molecular weight excluding hydrogens is 256 g/mol. The van der Waals surface area contributed by atoms with Gasteiger partial charge in [-0.2, -0.15) is 5.26 Å². The molecule has 1 saturated heterocycles. The monoisotopic (exact) mass is 266 g/mol. The molecule has 1 fully saturated rings. The van der Waals surface area contributed by atoms with E-state index in [1.807, 2.05) is 0 Å². The van der Waals surface area contributed by atoms with E-state index in [-0.39, 0.29) is 0 Å². The Kier molecular flexibility index (Phi) is 3.19. The summed E-state index contributed by atoms with van der Waals surface area (Å²) < 4.78 is 0.828. The third-order valence-corrected chi connectivity index (χ3v) is 2.81. The van der Waals surface area contributed by atoms with E-state index in [0.29, 0.717) is 17.4 Å². The Hall–Kier alpha value is -1.12. The first-order valence-corrected chi connectivity index (χ1v) is 5.62. The van der Waals surface area contributed by atoms with Gasteiger partial charge >= 0.3 is 0 Å². The van der Waals surface area contributed by atoms with Gasteiger partial charge in [0.2, 0.25) is 0 Å². The molecule has 1 aliphatic heterocycles.